The summed E-state index contributed by atoms with van der Waals surface area (Å²) in [5, 5.41) is 13.5. The first kappa shape index (κ1) is 21.7. The summed E-state index contributed by atoms with van der Waals surface area (Å²) in [5.74, 6) is -2.65. The Morgan fingerprint density at radius 3 is 2.71 bits per heavy atom. The van der Waals surface area contributed by atoms with E-state index in [1.165, 1.54) is 0 Å². The average molecular weight is 486 g/mol. The van der Waals surface area contributed by atoms with Crippen molar-refractivity contribution in [2.24, 2.45) is 18.2 Å². The number of hydrogen-bond acceptors (Lipinski definition) is 5. The van der Waals surface area contributed by atoms with Crippen LogP contribution < -0.4 is 10.6 Å². The maximum Gasteiger partial charge on any atom is 0.250 e. The summed E-state index contributed by atoms with van der Waals surface area (Å²) in [6.07, 6.45) is 2.91. The molecule has 4 aromatic rings. The van der Waals surface area contributed by atoms with Gasteiger partial charge in [0.1, 0.15) is 11.2 Å². The Morgan fingerprint density at radius 1 is 1.24 bits per heavy atom. The van der Waals surface area contributed by atoms with Crippen LogP contribution in [0.2, 0.25) is 5.02 Å². The SMILES string of the molecule is Cc1nc2c(-c3ccc4nn(C)cc4c3Cl)n[nH]c2cc1N1CCC2(CC1)CC(F)(F)C[C@H]2N. The van der Waals surface area contributed by atoms with Gasteiger partial charge in [-0.25, -0.2) is 13.8 Å². The van der Waals surface area contributed by atoms with Crippen LogP contribution in [0, 0.1) is 12.3 Å². The number of hydrogen-bond donors (Lipinski definition) is 2. The number of aryl methyl sites for hydroxylation is 2. The summed E-state index contributed by atoms with van der Waals surface area (Å²) in [7, 11) is 1.86. The van der Waals surface area contributed by atoms with Crippen LogP contribution >= 0.6 is 11.6 Å². The van der Waals surface area contributed by atoms with Crippen LogP contribution in [0.25, 0.3) is 33.2 Å². The smallest absolute Gasteiger partial charge is 0.250 e. The lowest BCUT2D eigenvalue weighted by molar-refractivity contribution is -0.00683. The molecule has 1 aromatic carbocycles. The van der Waals surface area contributed by atoms with Crippen molar-refractivity contribution in [3.05, 3.63) is 35.1 Å². The van der Waals surface area contributed by atoms with Crippen LogP contribution in [0.4, 0.5) is 14.5 Å². The number of halogens is 3. The van der Waals surface area contributed by atoms with E-state index in [-0.39, 0.29) is 12.8 Å². The number of pyridine rings is 1. The predicted molar refractivity (Wildman–Crippen MR) is 129 cm³/mol. The number of anilines is 1. The van der Waals surface area contributed by atoms with Crippen LogP contribution in [0.15, 0.2) is 24.4 Å². The molecule has 0 radical (unpaired) electrons. The van der Waals surface area contributed by atoms with Crippen LogP contribution in [-0.2, 0) is 7.05 Å². The molecule has 0 amide bonds. The molecule has 1 saturated carbocycles. The number of aromatic amines is 1. The molecule has 1 saturated heterocycles. The number of nitrogens with one attached hydrogen (secondary N) is 1. The summed E-state index contributed by atoms with van der Waals surface area (Å²) in [5.41, 5.74) is 11.4. The first-order valence-corrected chi connectivity index (χ1v) is 11.9. The molecule has 0 unspecified atom stereocenters. The Bertz CT molecular complexity index is 1420. The molecule has 7 nitrogen and oxygen atoms in total. The summed E-state index contributed by atoms with van der Waals surface area (Å²) < 4.78 is 29.8. The second-order valence-corrected chi connectivity index (χ2v) is 10.3. The van der Waals surface area contributed by atoms with Gasteiger partial charge in [0.2, 0.25) is 5.92 Å². The molecule has 1 aliphatic carbocycles. The molecule has 2 fully saturated rings. The third-order valence-corrected chi connectivity index (χ3v) is 8.12. The molecular formula is C24H26ClF2N7. The monoisotopic (exact) mass is 485 g/mol. The molecule has 34 heavy (non-hydrogen) atoms. The minimum Gasteiger partial charge on any atom is -0.370 e. The lowest BCUT2D eigenvalue weighted by Crippen LogP contribution is -2.47. The van der Waals surface area contributed by atoms with Gasteiger partial charge in [-0.2, -0.15) is 10.2 Å². The van der Waals surface area contributed by atoms with E-state index in [0.717, 1.165) is 38.9 Å². The Morgan fingerprint density at radius 2 is 2.00 bits per heavy atom. The van der Waals surface area contributed by atoms with Crippen LogP contribution in [0.3, 0.4) is 0 Å². The minimum absolute atomic E-state index is 0.1000. The lowest BCUT2D eigenvalue weighted by atomic mass is 9.74. The number of fused-ring (bicyclic) bond motifs is 2. The highest BCUT2D eigenvalue weighted by Crippen LogP contribution is 2.52. The van der Waals surface area contributed by atoms with Gasteiger partial charge in [-0.05, 0) is 43.4 Å². The molecule has 6 rings (SSSR count). The molecular weight excluding hydrogens is 460 g/mol. The lowest BCUT2D eigenvalue weighted by Gasteiger charge is -2.42. The number of alkyl halides is 2. The maximum atomic E-state index is 14.0. The summed E-state index contributed by atoms with van der Waals surface area (Å²) in [6, 6.07) is 5.46. The van der Waals surface area contributed by atoms with Gasteiger partial charge in [-0.15, -0.1) is 0 Å². The fraction of sp³-hybridized carbons (Fsp3) is 0.458. The van der Waals surface area contributed by atoms with Crippen molar-refractivity contribution in [2.75, 3.05) is 18.0 Å². The zero-order valence-corrected chi connectivity index (χ0v) is 19.8. The number of nitrogens with zero attached hydrogens (tertiary/aromatic N) is 5. The zero-order chi connectivity index (χ0) is 23.8. The van der Waals surface area contributed by atoms with Crippen molar-refractivity contribution >= 4 is 39.2 Å². The molecule has 178 valence electrons. The number of aromatic nitrogens is 5. The zero-order valence-electron chi connectivity index (χ0n) is 19.1. The Balaban J connectivity index is 1.32. The molecule has 3 N–H and O–H groups in total. The fourth-order valence-electron chi connectivity index (χ4n) is 5.90. The van der Waals surface area contributed by atoms with E-state index in [4.69, 9.17) is 22.3 Å². The molecule has 1 atom stereocenters. The molecule has 3 aromatic heterocycles. The van der Waals surface area contributed by atoms with Crippen molar-refractivity contribution in [3.8, 4) is 11.3 Å². The van der Waals surface area contributed by atoms with Crippen molar-refractivity contribution in [3.63, 3.8) is 0 Å². The van der Waals surface area contributed by atoms with E-state index in [0.29, 0.717) is 36.6 Å². The second-order valence-electron chi connectivity index (χ2n) is 9.92. The number of H-pyrrole nitrogens is 1. The van der Waals surface area contributed by atoms with Gasteiger partial charge >= 0.3 is 0 Å². The van der Waals surface area contributed by atoms with Crippen LogP contribution in [0.1, 0.15) is 31.4 Å². The molecule has 1 spiro atoms. The van der Waals surface area contributed by atoms with E-state index >= 15 is 0 Å². The molecule has 4 heterocycles. The normalized spacial score (nSPS) is 21.8. The van der Waals surface area contributed by atoms with E-state index in [1.807, 2.05) is 38.4 Å². The standard InChI is InChI=1S/C24H26ClF2N7/c1-13-18(34-7-5-23(6-8-34)12-24(26,27)10-19(23)28)9-17-22(29-13)21(31-30-17)14-3-4-16-15(20(14)25)11-33(2)32-16/h3-4,9,11,19H,5-8,10,12,28H2,1-2H3,(H,30,31)/t19-/m1/s1. The van der Waals surface area contributed by atoms with E-state index < -0.39 is 17.4 Å². The number of piperidine rings is 1. The van der Waals surface area contributed by atoms with Crippen molar-refractivity contribution < 1.29 is 8.78 Å². The van der Waals surface area contributed by atoms with Crippen LogP contribution in [0.5, 0.6) is 0 Å². The molecule has 0 bridgehead atoms. The number of benzene rings is 1. The van der Waals surface area contributed by atoms with Crippen molar-refractivity contribution in [2.45, 2.75) is 44.6 Å². The second kappa shape index (κ2) is 7.36. The van der Waals surface area contributed by atoms with Gasteiger partial charge < -0.3 is 10.6 Å². The average Bonchev–Trinajstić information content (AvgIpc) is 3.42. The number of nitrogens with two attached hydrogens (primary N) is 1. The Kier molecular flexibility index (Phi) is 4.70. The van der Waals surface area contributed by atoms with E-state index in [9.17, 15) is 8.78 Å². The Hall–Kier alpha value is -2.78. The van der Waals surface area contributed by atoms with Gasteiger partial charge in [-0.3, -0.25) is 9.78 Å². The largest absolute Gasteiger partial charge is 0.370 e. The summed E-state index contributed by atoms with van der Waals surface area (Å²) >= 11 is 6.72. The molecule has 10 heteroatoms. The maximum absolute atomic E-state index is 14.0. The van der Waals surface area contributed by atoms with E-state index in [2.05, 4.69) is 20.2 Å². The van der Waals surface area contributed by atoms with Crippen molar-refractivity contribution in [1.29, 1.82) is 0 Å². The van der Waals surface area contributed by atoms with Gasteiger partial charge in [-0.1, -0.05) is 11.6 Å². The highest BCUT2D eigenvalue weighted by atomic mass is 35.5. The number of rotatable bonds is 2. The third kappa shape index (κ3) is 3.28. The van der Waals surface area contributed by atoms with Gasteiger partial charge in [0.05, 0.1) is 27.4 Å². The van der Waals surface area contributed by atoms with Crippen molar-refractivity contribution in [1.82, 2.24) is 25.0 Å². The van der Waals surface area contributed by atoms with E-state index in [1.54, 1.807) is 4.68 Å². The summed E-state index contributed by atoms with van der Waals surface area (Å²) in [6.45, 7) is 3.34. The first-order valence-electron chi connectivity index (χ1n) is 11.5. The fourth-order valence-corrected chi connectivity index (χ4v) is 6.19. The predicted octanol–water partition coefficient (Wildman–Crippen LogP) is 4.82. The quantitative estimate of drug-likeness (QED) is 0.425. The topological polar surface area (TPSA) is 88.7 Å². The third-order valence-electron chi connectivity index (χ3n) is 7.71. The first-order chi connectivity index (χ1) is 16.2. The van der Waals surface area contributed by atoms with Crippen LogP contribution in [-0.4, -0.2) is 50.0 Å². The molecule has 2 aliphatic rings. The highest BCUT2D eigenvalue weighted by molar-refractivity contribution is 6.38. The van der Waals surface area contributed by atoms with Gasteiger partial charge in [0.15, 0.2) is 0 Å². The summed E-state index contributed by atoms with van der Waals surface area (Å²) in [4.78, 5) is 7.11. The van der Waals surface area contributed by atoms with Gasteiger partial charge in [0, 0.05) is 56.2 Å². The molecule has 1 aliphatic heterocycles. The highest BCUT2D eigenvalue weighted by Gasteiger charge is 2.55. The van der Waals surface area contributed by atoms with Gasteiger partial charge in [0.25, 0.3) is 0 Å². The minimum atomic E-state index is -2.65. The Labute approximate surface area is 200 Å².